The van der Waals surface area contributed by atoms with Gasteiger partial charge in [0, 0.05) is 25.4 Å². The lowest BCUT2D eigenvalue weighted by Gasteiger charge is -2.22. The van der Waals surface area contributed by atoms with E-state index in [2.05, 4.69) is 0 Å². The van der Waals surface area contributed by atoms with Gasteiger partial charge in [0.25, 0.3) is 5.91 Å². The fraction of sp³-hybridized carbons (Fsp3) is 0.500. The topological polar surface area (TPSA) is 55.6 Å². The van der Waals surface area contributed by atoms with E-state index in [4.69, 9.17) is 10.5 Å². The molecule has 0 aromatic heterocycles. The Bertz CT molecular complexity index is 487. The molecule has 0 unspecified atom stereocenters. The molecular formula is C14H19FN2O2. The van der Waals surface area contributed by atoms with E-state index in [1.165, 1.54) is 12.1 Å². The quantitative estimate of drug-likeness (QED) is 0.829. The average molecular weight is 266 g/mol. The summed E-state index contributed by atoms with van der Waals surface area (Å²) in [5.41, 5.74) is 6.55. The molecule has 1 amide bonds. The predicted molar refractivity (Wildman–Crippen MR) is 71.5 cm³/mol. The molecule has 104 valence electrons. The van der Waals surface area contributed by atoms with Gasteiger partial charge in [0.1, 0.15) is 5.82 Å². The second-order valence-electron chi connectivity index (χ2n) is 4.92. The van der Waals surface area contributed by atoms with Gasteiger partial charge in [-0.2, -0.15) is 0 Å². The average Bonchev–Trinajstić information content (AvgIpc) is 3.18. The summed E-state index contributed by atoms with van der Waals surface area (Å²) >= 11 is 0. The fourth-order valence-electron chi connectivity index (χ4n) is 2.13. The summed E-state index contributed by atoms with van der Waals surface area (Å²) in [4.78, 5) is 14.1. The fourth-order valence-corrected chi connectivity index (χ4v) is 2.13. The molecule has 19 heavy (non-hydrogen) atoms. The Kier molecular flexibility index (Phi) is 4.04. The zero-order valence-corrected chi connectivity index (χ0v) is 11.3. The zero-order chi connectivity index (χ0) is 14.0. The van der Waals surface area contributed by atoms with Crippen LogP contribution in [0.4, 0.5) is 10.1 Å². The summed E-state index contributed by atoms with van der Waals surface area (Å²) in [6.07, 6.45) is 1.94. The number of nitrogen functional groups attached to an aromatic ring is 1. The smallest absolute Gasteiger partial charge is 0.257 e. The van der Waals surface area contributed by atoms with Gasteiger partial charge in [0.05, 0.1) is 12.2 Å². The lowest BCUT2D eigenvalue weighted by molar-refractivity contribution is 0.0675. The molecule has 5 heteroatoms. The van der Waals surface area contributed by atoms with Crippen LogP contribution in [0.25, 0.3) is 0 Å². The highest BCUT2D eigenvalue weighted by molar-refractivity contribution is 5.96. The third kappa shape index (κ3) is 3.04. The van der Waals surface area contributed by atoms with Gasteiger partial charge < -0.3 is 15.4 Å². The third-order valence-electron chi connectivity index (χ3n) is 3.29. The molecule has 1 aromatic carbocycles. The van der Waals surface area contributed by atoms with Crippen LogP contribution in [0.2, 0.25) is 0 Å². The Morgan fingerprint density at radius 3 is 2.79 bits per heavy atom. The molecule has 2 rings (SSSR count). The number of nitrogens with two attached hydrogens (primary N) is 1. The highest BCUT2D eigenvalue weighted by atomic mass is 19.1. The first-order valence-electron chi connectivity index (χ1n) is 6.40. The molecule has 0 saturated heterocycles. The van der Waals surface area contributed by atoms with E-state index in [0.29, 0.717) is 24.4 Å². The van der Waals surface area contributed by atoms with E-state index in [0.717, 1.165) is 12.8 Å². The van der Waals surface area contributed by atoms with Crippen LogP contribution in [-0.2, 0) is 4.74 Å². The van der Waals surface area contributed by atoms with Gasteiger partial charge in [-0.15, -0.1) is 0 Å². The molecule has 1 fully saturated rings. The highest BCUT2D eigenvalue weighted by Gasteiger charge is 2.34. The largest absolute Gasteiger partial charge is 0.399 e. The maximum atomic E-state index is 14.1. The van der Waals surface area contributed by atoms with Crippen LogP contribution in [0, 0.1) is 12.7 Å². The Morgan fingerprint density at radius 2 is 2.21 bits per heavy atom. The first-order chi connectivity index (χ1) is 9.04. The Morgan fingerprint density at radius 1 is 1.53 bits per heavy atom. The number of amides is 1. The Labute approximate surface area is 112 Å². The monoisotopic (exact) mass is 266 g/mol. The lowest BCUT2D eigenvalue weighted by Crippen LogP contribution is -2.36. The van der Waals surface area contributed by atoms with Crippen molar-refractivity contribution in [3.05, 3.63) is 29.1 Å². The van der Waals surface area contributed by atoms with Gasteiger partial charge in [-0.25, -0.2) is 4.39 Å². The number of aryl methyl sites for hydroxylation is 1. The number of anilines is 1. The van der Waals surface area contributed by atoms with Gasteiger partial charge in [-0.3, -0.25) is 4.79 Å². The molecule has 0 spiro atoms. The van der Waals surface area contributed by atoms with Gasteiger partial charge in [-0.1, -0.05) is 0 Å². The normalized spacial score (nSPS) is 14.5. The minimum absolute atomic E-state index is 0.0560. The molecule has 1 aliphatic rings. The SMILES string of the molecule is COCCN(C(=O)c1cc(N)cc(C)c1F)C1CC1. The van der Waals surface area contributed by atoms with Crippen molar-refractivity contribution >= 4 is 11.6 Å². The van der Waals surface area contributed by atoms with Crippen molar-refractivity contribution in [3.8, 4) is 0 Å². The number of rotatable bonds is 5. The number of benzene rings is 1. The van der Waals surface area contributed by atoms with Crippen LogP contribution >= 0.6 is 0 Å². The molecule has 0 atom stereocenters. The molecule has 0 heterocycles. The van der Waals surface area contributed by atoms with Gasteiger partial charge in [0.15, 0.2) is 0 Å². The first-order valence-corrected chi connectivity index (χ1v) is 6.40. The van der Waals surface area contributed by atoms with Crippen LogP contribution in [-0.4, -0.2) is 37.1 Å². The minimum Gasteiger partial charge on any atom is -0.399 e. The van der Waals surface area contributed by atoms with Gasteiger partial charge >= 0.3 is 0 Å². The number of hydrogen-bond acceptors (Lipinski definition) is 3. The van der Waals surface area contributed by atoms with Crippen molar-refractivity contribution in [2.24, 2.45) is 0 Å². The number of methoxy groups -OCH3 is 1. The summed E-state index contributed by atoms with van der Waals surface area (Å²) < 4.78 is 19.1. The van der Waals surface area contributed by atoms with E-state index in [1.54, 1.807) is 18.9 Å². The number of carbonyl (C=O) groups is 1. The van der Waals surface area contributed by atoms with Crippen molar-refractivity contribution in [2.75, 3.05) is 26.0 Å². The van der Waals surface area contributed by atoms with Crippen LogP contribution in [0.1, 0.15) is 28.8 Å². The molecule has 1 aliphatic carbocycles. The number of carbonyl (C=O) groups excluding carboxylic acids is 1. The molecule has 0 aliphatic heterocycles. The van der Waals surface area contributed by atoms with Crippen molar-refractivity contribution in [1.29, 1.82) is 0 Å². The van der Waals surface area contributed by atoms with Gasteiger partial charge in [0.2, 0.25) is 0 Å². The van der Waals surface area contributed by atoms with Crippen molar-refractivity contribution in [2.45, 2.75) is 25.8 Å². The van der Waals surface area contributed by atoms with Crippen molar-refractivity contribution in [1.82, 2.24) is 4.90 Å². The van der Waals surface area contributed by atoms with Gasteiger partial charge in [-0.05, 0) is 37.5 Å². The minimum atomic E-state index is -0.484. The summed E-state index contributed by atoms with van der Waals surface area (Å²) in [6, 6.07) is 3.15. The van der Waals surface area contributed by atoms with E-state index in [9.17, 15) is 9.18 Å². The summed E-state index contributed by atoms with van der Waals surface area (Å²) in [6.45, 7) is 2.54. The molecule has 0 radical (unpaired) electrons. The van der Waals surface area contributed by atoms with Crippen LogP contribution in [0.5, 0.6) is 0 Å². The van der Waals surface area contributed by atoms with E-state index in [-0.39, 0.29) is 17.5 Å². The summed E-state index contributed by atoms with van der Waals surface area (Å²) in [5, 5.41) is 0. The molecule has 1 saturated carbocycles. The number of ether oxygens (including phenoxy) is 1. The molecule has 0 bridgehead atoms. The molecular weight excluding hydrogens is 247 g/mol. The highest BCUT2D eigenvalue weighted by Crippen LogP contribution is 2.29. The first kappa shape index (κ1) is 13.8. The van der Waals surface area contributed by atoms with Crippen LogP contribution in [0.15, 0.2) is 12.1 Å². The number of hydrogen-bond donors (Lipinski definition) is 1. The molecule has 2 N–H and O–H groups in total. The third-order valence-corrected chi connectivity index (χ3v) is 3.29. The van der Waals surface area contributed by atoms with Crippen LogP contribution in [0.3, 0.4) is 0 Å². The van der Waals surface area contributed by atoms with E-state index >= 15 is 0 Å². The Hall–Kier alpha value is -1.62. The number of nitrogens with zero attached hydrogens (tertiary/aromatic N) is 1. The van der Waals surface area contributed by atoms with Crippen molar-refractivity contribution in [3.63, 3.8) is 0 Å². The molecule has 4 nitrogen and oxygen atoms in total. The maximum Gasteiger partial charge on any atom is 0.257 e. The predicted octanol–water partition coefficient (Wildman–Crippen LogP) is 1.97. The van der Waals surface area contributed by atoms with E-state index in [1.807, 2.05) is 0 Å². The zero-order valence-electron chi connectivity index (χ0n) is 11.3. The summed E-state index contributed by atoms with van der Waals surface area (Å²) in [7, 11) is 1.58. The van der Waals surface area contributed by atoms with E-state index < -0.39 is 5.82 Å². The standard InChI is InChI=1S/C14H19FN2O2/c1-9-7-10(16)8-12(13(9)15)14(18)17(5-6-19-2)11-3-4-11/h7-8,11H,3-6,16H2,1-2H3. The second-order valence-corrected chi connectivity index (χ2v) is 4.92. The molecule has 1 aromatic rings. The lowest BCUT2D eigenvalue weighted by atomic mass is 10.1. The number of halogens is 1. The van der Waals surface area contributed by atoms with Crippen LogP contribution < -0.4 is 5.73 Å². The van der Waals surface area contributed by atoms with Crippen molar-refractivity contribution < 1.29 is 13.9 Å². The second kappa shape index (κ2) is 5.57. The maximum absolute atomic E-state index is 14.1. The Balaban J connectivity index is 2.26. The summed E-state index contributed by atoms with van der Waals surface area (Å²) in [5.74, 6) is -0.783.